The van der Waals surface area contributed by atoms with Crippen molar-refractivity contribution in [3.8, 4) is 5.75 Å². The molecule has 6 nitrogen and oxygen atoms in total. The molecule has 0 spiro atoms. The molecule has 0 unspecified atom stereocenters. The minimum absolute atomic E-state index is 0.0618. The number of rotatable bonds is 6. The van der Waals surface area contributed by atoms with Gasteiger partial charge in [0.05, 0.1) is 11.3 Å². The third-order valence-corrected chi connectivity index (χ3v) is 6.11. The van der Waals surface area contributed by atoms with E-state index in [9.17, 15) is 18.4 Å². The monoisotopic (exact) mass is 487 g/mol. The van der Waals surface area contributed by atoms with Crippen LogP contribution in [0.3, 0.4) is 0 Å². The maximum Gasteiger partial charge on any atom is 0.262 e. The van der Waals surface area contributed by atoms with E-state index in [0.29, 0.717) is 25.1 Å². The molecule has 8 heteroatoms. The van der Waals surface area contributed by atoms with Crippen LogP contribution in [0.5, 0.6) is 5.75 Å². The van der Waals surface area contributed by atoms with Crippen LogP contribution in [0.15, 0.2) is 79.0 Å². The van der Waals surface area contributed by atoms with Gasteiger partial charge in [0.2, 0.25) is 0 Å². The average molecular weight is 488 g/mol. The Labute approximate surface area is 206 Å². The fourth-order valence-electron chi connectivity index (χ4n) is 4.29. The number of benzene rings is 3. The Morgan fingerprint density at radius 2 is 1.83 bits per heavy atom. The summed E-state index contributed by atoms with van der Waals surface area (Å²) in [6.45, 7) is 0.536. The van der Waals surface area contributed by atoms with Crippen LogP contribution < -0.4 is 10.1 Å². The molecule has 0 fully saturated rings. The highest BCUT2D eigenvalue weighted by molar-refractivity contribution is 5.98. The molecule has 5 rings (SSSR count). The Morgan fingerprint density at radius 3 is 2.64 bits per heavy atom. The SMILES string of the molecule is O=C(COc1ccccc1C(=O)N1CC=C(c2c[nH]c3cc(F)ccc23)CC1)Nc1ccccc1F. The third kappa shape index (κ3) is 4.84. The third-order valence-electron chi connectivity index (χ3n) is 6.11. The highest BCUT2D eigenvalue weighted by Gasteiger charge is 2.23. The van der Waals surface area contributed by atoms with Crippen molar-refractivity contribution in [1.82, 2.24) is 9.88 Å². The molecule has 0 saturated carbocycles. The highest BCUT2D eigenvalue weighted by Crippen LogP contribution is 2.30. The van der Waals surface area contributed by atoms with E-state index in [2.05, 4.69) is 10.3 Å². The number of para-hydroxylation sites is 2. The lowest BCUT2D eigenvalue weighted by molar-refractivity contribution is -0.118. The van der Waals surface area contributed by atoms with E-state index in [-0.39, 0.29) is 29.8 Å². The van der Waals surface area contributed by atoms with Gasteiger partial charge in [0.1, 0.15) is 17.4 Å². The number of nitrogens with one attached hydrogen (secondary N) is 2. The summed E-state index contributed by atoms with van der Waals surface area (Å²) in [6.07, 6.45) is 4.51. The fraction of sp³-hybridized carbons (Fsp3) is 0.143. The predicted molar refractivity (Wildman–Crippen MR) is 134 cm³/mol. The molecular weight excluding hydrogens is 464 g/mol. The van der Waals surface area contributed by atoms with Gasteiger partial charge in [-0.25, -0.2) is 8.78 Å². The number of anilines is 1. The molecule has 0 bridgehead atoms. The lowest BCUT2D eigenvalue weighted by Crippen LogP contribution is -2.35. The number of halogens is 2. The van der Waals surface area contributed by atoms with E-state index in [1.54, 1.807) is 41.3 Å². The molecule has 2 heterocycles. The van der Waals surface area contributed by atoms with Gasteiger partial charge in [0.25, 0.3) is 11.8 Å². The van der Waals surface area contributed by atoms with E-state index in [1.165, 1.54) is 30.3 Å². The molecule has 1 aliphatic heterocycles. The number of carbonyl (C=O) groups excluding carboxylic acids is 2. The second-order valence-electron chi connectivity index (χ2n) is 8.44. The molecule has 0 saturated heterocycles. The molecule has 2 N–H and O–H groups in total. The summed E-state index contributed by atoms with van der Waals surface area (Å²) in [5.41, 5.74) is 3.23. The number of nitrogens with zero attached hydrogens (tertiary/aromatic N) is 1. The van der Waals surface area contributed by atoms with E-state index in [0.717, 1.165) is 22.0 Å². The number of aromatic nitrogens is 1. The number of amides is 2. The first kappa shape index (κ1) is 23.3. The summed E-state index contributed by atoms with van der Waals surface area (Å²) in [5.74, 6) is -1.31. The molecule has 1 aliphatic rings. The summed E-state index contributed by atoms with van der Waals surface area (Å²) in [5, 5.41) is 3.40. The predicted octanol–water partition coefficient (Wildman–Crippen LogP) is 5.39. The number of H-pyrrole nitrogens is 1. The summed E-state index contributed by atoms with van der Waals surface area (Å²) >= 11 is 0. The molecule has 0 radical (unpaired) electrons. The van der Waals surface area contributed by atoms with E-state index >= 15 is 0 Å². The van der Waals surface area contributed by atoms with E-state index < -0.39 is 11.7 Å². The zero-order valence-electron chi connectivity index (χ0n) is 19.3. The molecule has 182 valence electrons. The van der Waals surface area contributed by atoms with Gasteiger partial charge in [-0.3, -0.25) is 9.59 Å². The minimum Gasteiger partial charge on any atom is -0.483 e. The van der Waals surface area contributed by atoms with Gasteiger partial charge < -0.3 is 19.9 Å². The van der Waals surface area contributed by atoms with Crippen molar-refractivity contribution < 1.29 is 23.1 Å². The van der Waals surface area contributed by atoms with Gasteiger partial charge in [-0.05, 0) is 54.5 Å². The highest BCUT2D eigenvalue weighted by atomic mass is 19.1. The van der Waals surface area contributed by atoms with Gasteiger partial charge in [-0.1, -0.05) is 30.3 Å². The topological polar surface area (TPSA) is 74.4 Å². The zero-order valence-corrected chi connectivity index (χ0v) is 19.3. The molecule has 4 aromatic rings. The van der Waals surface area contributed by atoms with Gasteiger partial charge in [-0.2, -0.15) is 0 Å². The Balaban J connectivity index is 1.25. The smallest absolute Gasteiger partial charge is 0.262 e. The number of hydrogen-bond acceptors (Lipinski definition) is 3. The normalized spacial score (nSPS) is 13.4. The first-order valence-electron chi connectivity index (χ1n) is 11.5. The van der Waals surface area contributed by atoms with Crippen molar-refractivity contribution >= 4 is 34.0 Å². The van der Waals surface area contributed by atoms with Crippen molar-refractivity contribution in [2.45, 2.75) is 6.42 Å². The van der Waals surface area contributed by atoms with Crippen LogP contribution >= 0.6 is 0 Å². The van der Waals surface area contributed by atoms with Crippen LogP contribution in [0.2, 0.25) is 0 Å². The van der Waals surface area contributed by atoms with Gasteiger partial charge in [-0.15, -0.1) is 0 Å². The second-order valence-corrected chi connectivity index (χ2v) is 8.44. The summed E-state index contributed by atoms with van der Waals surface area (Å²) < 4.78 is 32.9. The van der Waals surface area contributed by atoms with Crippen LogP contribution in [0, 0.1) is 11.6 Å². The van der Waals surface area contributed by atoms with Crippen LogP contribution in [0.1, 0.15) is 22.3 Å². The van der Waals surface area contributed by atoms with Crippen molar-refractivity contribution in [3.05, 3.63) is 102 Å². The second kappa shape index (κ2) is 10.0. The molecule has 3 aromatic carbocycles. The maximum absolute atomic E-state index is 13.8. The lowest BCUT2D eigenvalue weighted by atomic mass is 9.98. The fourth-order valence-corrected chi connectivity index (χ4v) is 4.29. The lowest BCUT2D eigenvalue weighted by Gasteiger charge is -2.27. The van der Waals surface area contributed by atoms with Crippen molar-refractivity contribution in [2.75, 3.05) is 25.0 Å². The van der Waals surface area contributed by atoms with E-state index in [1.807, 2.05) is 12.3 Å². The van der Waals surface area contributed by atoms with Gasteiger partial charge in [0.15, 0.2) is 6.61 Å². The quantitative estimate of drug-likeness (QED) is 0.383. The van der Waals surface area contributed by atoms with E-state index in [4.69, 9.17) is 4.74 Å². The zero-order chi connectivity index (χ0) is 25.1. The first-order valence-corrected chi connectivity index (χ1v) is 11.5. The standard InChI is InChI=1S/C28H23F2N3O3/c29-19-9-10-20-22(16-31-25(20)15-19)18-11-13-33(14-12-18)28(35)21-5-1-4-8-26(21)36-17-27(34)32-24-7-3-2-6-23(24)30/h1-11,15-16,31H,12-14,17H2,(H,32,34). The Kier molecular flexibility index (Phi) is 6.49. The minimum atomic E-state index is -0.543. The summed E-state index contributed by atoms with van der Waals surface area (Å²) in [7, 11) is 0. The average Bonchev–Trinajstić information content (AvgIpc) is 3.32. The van der Waals surface area contributed by atoms with Gasteiger partial charge in [0, 0.05) is 35.8 Å². The number of hydrogen-bond donors (Lipinski definition) is 2. The van der Waals surface area contributed by atoms with Gasteiger partial charge >= 0.3 is 0 Å². The molecular formula is C28H23F2N3O3. The molecule has 2 amide bonds. The first-order chi connectivity index (χ1) is 17.5. The molecule has 0 aliphatic carbocycles. The molecule has 0 atom stereocenters. The van der Waals surface area contributed by atoms with Crippen molar-refractivity contribution in [3.63, 3.8) is 0 Å². The summed E-state index contributed by atoms with van der Waals surface area (Å²) in [4.78, 5) is 30.3. The van der Waals surface area contributed by atoms with Crippen LogP contribution in [0.25, 0.3) is 16.5 Å². The number of carbonyl (C=O) groups is 2. The Hall–Kier alpha value is -4.46. The van der Waals surface area contributed by atoms with Crippen molar-refractivity contribution in [1.29, 1.82) is 0 Å². The molecule has 36 heavy (non-hydrogen) atoms. The van der Waals surface area contributed by atoms with Crippen LogP contribution in [0.4, 0.5) is 14.5 Å². The maximum atomic E-state index is 13.8. The van der Waals surface area contributed by atoms with Crippen LogP contribution in [-0.2, 0) is 4.79 Å². The van der Waals surface area contributed by atoms with Crippen molar-refractivity contribution in [2.24, 2.45) is 0 Å². The number of aromatic amines is 1. The Morgan fingerprint density at radius 1 is 1.03 bits per heavy atom. The van der Waals surface area contributed by atoms with Crippen LogP contribution in [-0.4, -0.2) is 41.4 Å². The molecule has 1 aromatic heterocycles. The Bertz CT molecular complexity index is 1480. The largest absolute Gasteiger partial charge is 0.483 e. The number of fused-ring (bicyclic) bond motifs is 1. The summed E-state index contributed by atoms with van der Waals surface area (Å²) in [6, 6.07) is 17.2. The number of ether oxygens (including phenoxy) is 1.